The van der Waals surface area contributed by atoms with Crippen LogP contribution < -0.4 is 20.5 Å². The Labute approximate surface area is 162 Å². The number of ether oxygens (including phenoxy) is 2. The first kappa shape index (κ1) is 18.8. The lowest BCUT2D eigenvalue weighted by Crippen LogP contribution is -2.47. The lowest BCUT2D eigenvalue weighted by Gasteiger charge is -2.34. The first-order valence-electron chi connectivity index (χ1n) is 8.96. The lowest BCUT2D eigenvalue weighted by atomic mass is 9.95. The van der Waals surface area contributed by atoms with Crippen LogP contribution in [0.1, 0.15) is 31.7 Å². The quantitative estimate of drug-likeness (QED) is 0.558. The predicted octanol–water partition coefficient (Wildman–Crippen LogP) is 2.23. The molecule has 0 aliphatic carbocycles. The molecule has 0 radical (unpaired) electrons. The average Bonchev–Trinajstić information content (AvgIpc) is 3.07. The third kappa shape index (κ3) is 4.60. The number of piperidine rings is 1. The molecule has 1 amide bonds. The van der Waals surface area contributed by atoms with Gasteiger partial charge in [0, 0.05) is 26.1 Å². The summed E-state index contributed by atoms with van der Waals surface area (Å²) < 4.78 is 11.8. The summed E-state index contributed by atoms with van der Waals surface area (Å²) in [6.45, 7) is 5.37. The smallest absolute Gasteiger partial charge is 0.231 e. The highest BCUT2D eigenvalue weighted by atomic mass is 79.9. The molecule has 0 aromatic heterocycles. The van der Waals surface area contributed by atoms with Gasteiger partial charge in [-0.25, -0.2) is 4.99 Å². The summed E-state index contributed by atoms with van der Waals surface area (Å²) in [4.78, 5) is 18.2. The minimum absolute atomic E-state index is 0.232. The third-order valence-corrected chi connectivity index (χ3v) is 5.13. The number of carbonyl (C=O) groups excluding carboxylic acids is 1. The largest absolute Gasteiger partial charge is 0.454 e. The molecular weight excluding hydrogens is 400 g/mol. The number of nitrogens with one attached hydrogen (secondary N) is 1. The molecule has 2 aliphatic rings. The fraction of sp³-hybridized carbons (Fsp3) is 0.556. The zero-order valence-electron chi connectivity index (χ0n) is 15.0. The molecule has 1 aromatic rings. The first-order chi connectivity index (χ1) is 12.6. The summed E-state index contributed by atoms with van der Waals surface area (Å²) in [6, 6.07) is 3.97. The van der Waals surface area contributed by atoms with Gasteiger partial charge < -0.3 is 25.4 Å². The van der Waals surface area contributed by atoms with Crippen LogP contribution in [0.25, 0.3) is 0 Å². The molecule has 2 heterocycles. The van der Waals surface area contributed by atoms with Crippen molar-refractivity contribution in [3.05, 3.63) is 22.2 Å². The van der Waals surface area contributed by atoms with E-state index in [0.717, 1.165) is 60.0 Å². The van der Waals surface area contributed by atoms with Crippen molar-refractivity contribution in [2.24, 2.45) is 16.6 Å². The van der Waals surface area contributed by atoms with Crippen molar-refractivity contribution in [2.45, 2.75) is 32.7 Å². The number of hydrogen-bond donors (Lipinski definition) is 2. The van der Waals surface area contributed by atoms with E-state index in [1.807, 2.05) is 12.1 Å². The number of aliphatic imine (C=N–C) groups is 1. The van der Waals surface area contributed by atoms with Crippen molar-refractivity contribution >= 4 is 27.8 Å². The normalized spacial score (nSPS) is 19.5. The number of primary amides is 1. The van der Waals surface area contributed by atoms with E-state index in [0.29, 0.717) is 18.9 Å². The van der Waals surface area contributed by atoms with Crippen LogP contribution >= 0.6 is 15.9 Å². The molecule has 1 fully saturated rings. The predicted molar refractivity (Wildman–Crippen MR) is 103 cm³/mol. The molecular formula is C18H25BrN4O3. The summed E-state index contributed by atoms with van der Waals surface area (Å²) in [6.07, 6.45) is 2.51. The topological polar surface area (TPSA) is 89.2 Å². The number of rotatable bonds is 5. The molecule has 2 aliphatic heterocycles. The standard InChI is InChI=1S/C18H25BrN4O3/c1-2-21-18(23-5-3-4-12(10-23)8-16(20)24)22-9-13-6-14(19)17-15(7-13)25-11-26-17/h6-7,12H,2-5,8-11H2,1H3,(H2,20,24)(H,21,22). The fourth-order valence-corrected chi connectivity index (χ4v) is 4.02. The minimum Gasteiger partial charge on any atom is -0.454 e. The van der Waals surface area contributed by atoms with Gasteiger partial charge in [-0.3, -0.25) is 4.79 Å². The highest BCUT2D eigenvalue weighted by Crippen LogP contribution is 2.40. The molecule has 3 N–H and O–H groups in total. The van der Waals surface area contributed by atoms with Crippen LogP contribution in [0.15, 0.2) is 21.6 Å². The second-order valence-corrected chi connectivity index (χ2v) is 7.46. The van der Waals surface area contributed by atoms with Crippen LogP contribution in [0.3, 0.4) is 0 Å². The van der Waals surface area contributed by atoms with Crippen molar-refractivity contribution in [1.82, 2.24) is 10.2 Å². The number of nitrogens with zero attached hydrogens (tertiary/aromatic N) is 2. The maximum atomic E-state index is 11.2. The van der Waals surface area contributed by atoms with Gasteiger partial charge in [0.1, 0.15) is 0 Å². The maximum Gasteiger partial charge on any atom is 0.231 e. The van der Waals surface area contributed by atoms with Gasteiger partial charge in [-0.1, -0.05) is 0 Å². The number of guanidine groups is 1. The molecule has 0 spiro atoms. The molecule has 26 heavy (non-hydrogen) atoms. The summed E-state index contributed by atoms with van der Waals surface area (Å²) in [5.74, 6) is 2.42. The maximum absolute atomic E-state index is 11.2. The van der Waals surface area contributed by atoms with Gasteiger partial charge in [0.25, 0.3) is 0 Å². The summed E-state index contributed by atoms with van der Waals surface area (Å²) in [5.41, 5.74) is 6.41. The SMILES string of the molecule is CCNC(=NCc1cc(Br)c2c(c1)OCO2)N1CCCC(CC(N)=O)C1. The van der Waals surface area contributed by atoms with Crippen molar-refractivity contribution in [1.29, 1.82) is 0 Å². The highest BCUT2D eigenvalue weighted by molar-refractivity contribution is 9.10. The van der Waals surface area contributed by atoms with Gasteiger partial charge in [0.2, 0.25) is 12.7 Å². The highest BCUT2D eigenvalue weighted by Gasteiger charge is 2.24. The Morgan fingerprint density at radius 1 is 1.46 bits per heavy atom. The van der Waals surface area contributed by atoms with Crippen LogP contribution in [0.5, 0.6) is 11.5 Å². The lowest BCUT2D eigenvalue weighted by molar-refractivity contribution is -0.119. The van der Waals surface area contributed by atoms with Crippen LogP contribution in [-0.4, -0.2) is 43.2 Å². The van der Waals surface area contributed by atoms with Crippen LogP contribution in [-0.2, 0) is 11.3 Å². The fourth-order valence-electron chi connectivity index (χ4n) is 3.41. The number of halogens is 1. The number of benzene rings is 1. The van der Waals surface area contributed by atoms with Gasteiger partial charge in [-0.05, 0) is 59.3 Å². The van der Waals surface area contributed by atoms with Gasteiger partial charge in [-0.15, -0.1) is 0 Å². The third-order valence-electron chi connectivity index (χ3n) is 4.54. The van der Waals surface area contributed by atoms with E-state index in [2.05, 4.69) is 33.1 Å². The van der Waals surface area contributed by atoms with Crippen molar-refractivity contribution in [3.8, 4) is 11.5 Å². The average molecular weight is 425 g/mol. The van der Waals surface area contributed by atoms with E-state index in [1.54, 1.807) is 0 Å². The molecule has 1 unspecified atom stereocenters. The number of amides is 1. The number of fused-ring (bicyclic) bond motifs is 1. The first-order valence-corrected chi connectivity index (χ1v) is 9.75. The summed E-state index contributed by atoms with van der Waals surface area (Å²) >= 11 is 3.52. The van der Waals surface area contributed by atoms with E-state index in [-0.39, 0.29) is 12.7 Å². The summed E-state index contributed by atoms with van der Waals surface area (Å²) in [7, 11) is 0. The number of hydrogen-bond acceptors (Lipinski definition) is 4. The molecule has 0 saturated carbocycles. The van der Waals surface area contributed by atoms with Crippen molar-refractivity contribution in [3.63, 3.8) is 0 Å². The van der Waals surface area contributed by atoms with Gasteiger partial charge in [-0.2, -0.15) is 0 Å². The second kappa shape index (κ2) is 8.62. The van der Waals surface area contributed by atoms with Crippen molar-refractivity contribution < 1.29 is 14.3 Å². The Morgan fingerprint density at radius 2 is 2.31 bits per heavy atom. The minimum atomic E-state index is -0.232. The zero-order chi connectivity index (χ0) is 18.5. The van der Waals surface area contributed by atoms with Gasteiger partial charge in [0.05, 0.1) is 11.0 Å². The molecule has 8 heteroatoms. The Bertz CT molecular complexity index is 695. The molecule has 1 atom stereocenters. The number of likely N-dealkylation sites (tertiary alicyclic amines) is 1. The van der Waals surface area contributed by atoms with E-state index >= 15 is 0 Å². The van der Waals surface area contributed by atoms with Gasteiger partial charge in [0.15, 0.2) is 17.5 Å². The molecule has 1 saturated heterocycles. The molecule has 0 bridgehead atoms. The Morgan fingerprint density at radius 3 is 3.08 bits per heavy atom. The Hall–Kier alpha value is -1.96. The molecule has 3 rings (SSSR count). The Kier molecular flexibility index (Phi) is 6.24. The van der Waals surface area contributed by atoms with Crippen LogP contribution in [0.2, 0.25) is 0 Å². The second-order valence-electron chi connectivity index (χ2n) is 6.61. The van der Waals surface area contributed by atoms with E-state index in [9.17, 15) is 4.79 Å². The Balaban J connectivity index is 1.71. The molecule has 7 nitrogen and oxygen atoms in total. The van der Waals surface area contributed by atoms with Crippen molar-refractivity contribution in [2.75, 3.05) is 26.4 Å². The number of nitrogens with two attached hydrogens (primary N) is 1. The zero-order valence-corrected chi connectivity index (χ0v) is 16.5. The monoisotopic (exact) mass is 424 g/mol. The summed E-state index contributed by atoms with van der Waals surface area (Å²) in [5, 5.41) is 3.36. The number of carbonyl (C=O) groups is 1. The molecule has 1 aromatic carbocycles. The van der Waals surface area contributed by atoms with E-state index < -0.39 is 0 Å². The van der Waals surface area contributed by atoms with E-state index in [4.69, 9.17) is 20.2 Å². The van der Waals surface area contributed by atoms with Crippen LogP contribution in [0.4, 0.5) is 0 Å². The molecule has 142 valence electrons. The van der Waals surface area contributed by atoms with Crippen LogP contribution in [0, 0.1) is 5.92 Å². The van der Waals surface area contributed by atoms with E-state index in [1.165, 1.54) is 0 Å². The van der Waals surface area contributed by atoms with Gasteiger partial charge >= 0.3 is 0 Å².